The summed E-state index contributed by atoms with van der Waals surface area (Å²) in [5, 5.41) is 19.8. The Morgan fingerprint density at radius 3 is 2.60 bits per heavy atom. The third-order valence-electron chi connectivity index (χ3n) is 8.09. The molecule has 0 spiro atoms. The molecule has 1 fully saturated rings. The lowest BCUT2D eigenvalue weighted by Gasteiger charge is -2.48. The van der Waals surface area contributed by atoms with Crippen molar-refractivity contribution in [2.75, 3.05) is 0 Å². The number of fused-ring (bicyclic) bond motifs is 1. The molecular formula is C25H38O5. The summed E-state index contributed by atoms with van der Waals surface area (Å²) in [7, 11) is 0. The number of cyclic esters (lactones) is 1. The van der Waals surface area contributed by atoms with Crippen molar-refractivity contribution in [3.63, 3.8) is 0 Å². The van der Waals surface area contributed by atoms with Crippen LogP contribution < -0.4 is 0 Å². The average Bonchev–Trinajstić information content (AvgIpc) is 2.65. The molecule has 0 amide bonds. The first-order chi connectivity index (χ1) is 14.0. The molecule has 3 aliphatic rings. The fraction of sp³-hybridized carbons (Fsp3) is 0.760. The maximum absolute atomic E-state index is 12.0. The molecule has 1 aliphatic heterocycles. The monoisotopic (exact) mass is 418 g/mol. The first-order valence-electron chi connectivity index (χ1n) is 11.5. The minimum Gasteiger partial charge on any atom is -0.481 e. The number of aliphatic hydroxyl groups is 1. The van der Waals surface area contributed by atoms with Gasteiger partial charge in [0.15, 0.2) is 0 Å². The van der Waals surface area contributed by atoms with E-state index < -0.39 is 17.5 Å². The number of carboxylic acid groups (broad SMARTS) is 1. The van der Waals surface area contributed by atoms with E-state index in [9.17, 15) is 19.8 Å². The predicted molar refractivity (Wildman–Crippen MR) is 116 cm³/mol. The van der Waals surface area contributed by atoms with Gasteiger partial charge in [-0.15, -0.1) is 0 Å². The number of hydrogen-bond donors (Lipinski definition) is 2. The number of carboxylic acids is 1. The van der Waals surface area contributed by atoms with Crippen molar-refractivity contribution in [1.29, 1.82) is 0 Å². The topological polar surface area (TPSA) is 83.8 Å². The molecule has 168 valence electrons. The van der Waals surface area contributed by atoms with E-state index in [4.69, 9.17) is 4.74 Å². The number of carbonyl (C=O) groups is 2. The molecule has 1 saturated heterocycles. The Hall–Kier alpha value is -1.62. The summed E-state index contributed by atoms with van der Waals surface area (Å²) >= 11 is 0. The maximum atomic E-state index is 12.0. The summed E-state index contributed by atoms with van der Waals surface area (Å²) in [6, 6.07) is 0. The van der Waals surface area contributed by atoms with Gasteiger partial charge in [0.05, 0.1) is 17.9 Å². The molecule has 5 nitrogen and oxygen atoms in total. The fourth-order valence-electron chi connectivity index (χ4n) is 5.90. The average molecular weight is 419 g/mol. The quantitative estimate of drug-likeness (QED) is 0.616. The summed E-state index contributed by atoms with van der Waals surface area (Å²) in [6.45, 7) is 10.3. The molecule has 5 heteroatoms. The molecule has 2 aliphatic carbocycles. The summed E-state index contributed by atoms with van der Waals surface area (Å²) in [5.41, 5.74) is 0.556. The Bertz CT molecular complexity index is 721. The number of esters is 1. The van der Waals surface area contributed by atoms with Gasteiger partial charge in [0.1, 0.15) is 6.10 Å². The molecule has 0 aromatic carbocycles. The van der Waals surface area contributed by atoms with Crippen LogP contribution in [-0.4, -0.2) is 34.4 Å². The van der Waals surface area contributed by atoms with E-state index in [1.54, 1.807) is 0 Å². The van der Waals surface area contributed by atoms with Crippen LogP contribution in [0, 0.1) is 40.9 Å². The second-order valence-electron chi connectivity index (χ2n) is 10.5. The molecule has 0 radical (unpaired) electrons. The van der Waals surface area contributed by atoms with Crippen molar-refractivity contribution in [3.05, 3.63) is 23.8 Å². The Labute approximate surface area is 180 Å². The fourth-order valence-corrected chi connectivity index (χ4v) is 5.90. The minimum absolute atomic E-state index is 0.0432. The van der Waals surface area contributed by atoms with E-state index in [0.29, 0.717) is 36.0 Å². The molecule has 8 atom stereocenters. The van der Waals surface area contributed by atoms with E-state index >= 15 is 0 Å². The van der Waals surface area contributed by atoms with Gasteiger partial charge in [-0.25, -0.2) is 0 Å². The number of aliphatic carboxylic acids is 1. The van der Waals surface area contributed by atoms with E-state index in [2.05, 4.69) is 39.0 Å². The van der Waals surface area contributed by atoms with Crippen LogP contribution in [-0.2, 0) is 14.3 Å². The van der Waals surface area contributed by atoms with Crippen molar-refractivity contribution in [3.8, 4) is 0 Å². The van der Waals surface area contributed by atoms with Crippen molar-refractivity contribution in [2.45, 2.75) is 78.9 Å². The third-order valence-corrected chi connectivity index (χ3v) is 8.09. The molecular weight excluding hydrogens is 380 g/mol. The van der Waals surface area contributed by atoms with Crippen LogP contribution >= 0.6 is 0 Å². The molecule has 1 unspecified atom stereocenters. The van der Waals surface area contributed by atoms with E-state index in [1.165, 1.54) is 5.57 Å². The summed E-state index contributed by atoms with van der Waals surface area (Å²) in [5.74, 6) is 0.802. The smallest absolute Gasteiger partial charge is 0.309 e. The van der Waals surface area contributed by atoms with E-state index in [1.807, 2.05) is 13.8 Å². The normalized spacial score (nSPS) is 37.7. The highest BCUT2D eigenvalue weighted by molar-refractivity contribution is 5.74. The van der Waals surface area contributed by atoms with Crippen LogP contribution in [0.3, 0.4) is 0 Å². The first kappa shape index (κ1) is 23.1. The lowest BCUT2D eigenvalue weighted by Crippen LogP contribution is -2.44. The zero-order chi connectivity index (χ0) is 22.2. The number of rotatable bonds is 6. The zero-order valence-electron chi connectivity index (χ0n) is 19.0. The Morgan fingerprint density at radius 2 is 1.97 bits per heavy atom. The van der Waals surface area contributed by atoms with Crippen molar-refractivity contribution in [1.82, 2.24) is 0 Å². The van der Waals surface area contributed by atoms with Crippen LogP contribution in [0.5, 0.6) is 0 Å². The van der Waals surface area contributed by atoms with Crippen molar-refractivity contribution in [2.24, 2.45) is 40.9 Å². The molecule has 0 saturated carbocycles. The molecule has 0 aromatic heterocycles. The molecule has 0 bridgehead atoms. The molecule has 2 N–H and O–H groups in total. The minimum atomic E-state index is -0.787. The van der Waals surface area contributed by atoms with E-state index in [0.717, 1.165) is 19.3 Å². The van der Waals surface area contributed by atoms with Gasteiger partial charge in [-0.3, -0.25) is 9.59 Å². The highest BCUT2D eigenvalue weighted by atomic mass is 16.5. The first-order valence-corrected chi connectivity index (χ1v) is 11.5. The maximum Gasteiger partial charge on any atom is 0.309 e. The van der Waals surface area contributed by atoms with Crippen LogP contribution in [0.4, 0.5) is 0 Å². The molecule has 30 heavy (non-hydrogen) atoms. The Balaban J connectivity index is 1.83. The van der Waals surface area contributed by atoms with Gasteiger partial charge in [0.2, 0.25) is 0 Å². The van der Waals surface area contributed by atoms with E-state index in [-0.39, 0.29) is 24.4 Å². The van der Waals surface area contributed by atoms with Crippen LogP contribution in [0.25, 0.3) is 0 Å². The van der Waals surface area contributed by atoms with Crippen LogP contribution in [0.1, 0.15) is 66.7 Å². The van der Waals surface area contributed by atoms with Gasteiger partial charge in [0, 0.05) is 6.42 Å². The van der Waals surface area contributed by atoms with Gasteiger partial charge in [-0.1, -0.05) is 39.0 Å². The predicted octanol–water partition coefficient (Wildman–Crippen LogP) is 4.60. The standard InChI is InChI=1S/C25H38O5/c1-14-10-17-7-6-15(2)20(9-8-19-12-18(26)13-22(27)30-19)23(17)21(11-14)16(3)25(4,5)24(28)29/h6-7,10,14-16,18-21,23,26H,8-9,11-13H2,1-5H3,(H,28,29)/t14?,15-,16+,18+,19+,20-,21-,23-/m0/s1. The highest BCUT2D eigenvalue weighted by Crippen LogP contribution is 2.52. The Morgan fingerprint density at radius 1 is 1.27 bits per heavy atom. The number of carbonyl (C=O) groups excluding carboxylic acids is 1. The third kappa shape index (κ3) is 4.66. The number of ether oxygens (including phenoxy) is 1. The molecule has 0 aromatic rings. The Kier molecular flexibility index (Phi) is 6.81. The number of hydrogen-bond acceptors (Lipinski definition) is 4. The SMILES string of the molecule is CC1C=C2C=C[C@H](C)[C@H](CC[C@@H]3C[C@@H](O)CC(=O)O3)[C@H]2[C@H]([C@@H](C)C(C)(C)C(=O)O)C1. The second-order valence-corrected chi connectivity index (χ2v) is 10.5. The zero-order valence-corrected chi connectivity index (χ0v) is 19.0. The molecule has 3 rings (SSSR count). The number of aliphatic hydroxyl groups excluding tert-OH is 1. The van der Waals surface area contributed by atoms with Crippen LogP contribution in [0.15, 0.2) is 23.8 Å². The van der Waals surface area contributed by atoms with Gasteiger partial charge in [-0.2, -0.15) is 0 Å². The molecule has 1 heterocycles. The highest BCUT2D eigenvalue weighted by Gasteiger charge is 2.47. The summed E-state index contributed by atoms with van der Waals surface area (Å²) in [6.07, 6.45) is 9.32. The van der Waals surface area contributed by atoms with Crippen molar-refractivity contribution >= 4 is 11.9 Å². The lowest BCUT2D eigenvalue weighted by molar-refractivity contribution is -0.160. The van der Waals surface area contributed by atoms with Gasteiger partial charge in [0.25, 0.3) is 0 Å². The number of allylic oxidation sites excluding steroid dienone is 4. The van der Waals surface area contributed by atoms with Gasteiger partial charge in [-0.05, 0) is 74.2 Å². The van der Waals surface area contributed by atoms with Gasteiger partial charge >= 0.3 is 11.9 Å². The van der Waals surface area contributed by atoms with Crippen LogP contribution in [0.2, 0.25) is 0 Å². The summed E-state index contributed by atoms with van der Waals surface area (Å²) in [4.78, 5) is 23.7. The van der Waals surface area contributed by atoms with Crippen molar-refractivity contribution < 1.29 is 24.5 Å². The largest absolute Gasteiger partial charge is 0.481 e. The summed E-state index contributed by atoms with van der Waals surface area (Å²) < 4.78 is 5.49. The van der Waals surface area contributed by atoms with Gasteiger partial charge < -0.3 is 14.9 Å². The lowest BCUT2D eigenvalue weighted by atomic mass is 9.56. The second kappa shape index (κ2) is 8.86.